The molecule has 0 saturated carbocycles. The number of fused-ring (bicyclic) bond motifs is 3. The number of aryl methyl sites for hydroxylation is 1. The highest BCUT2D eigenvalue weighted by Gasteiger charge is 2.13. The Morgan fingerprint density at radius 3 is 2.72 bits per heavy atom. The standard InChI is InChI=1S/C20H19N3OS/c1-2-4-17-23-18-19(25-17)15-10-14(7-8-16(15)22-20(18)21)13-6-3-5-12(9-13)11-24/h3,5-10,24H,2,4,11H2,1H3,(H2,21,22). The third-order valence-electron chi connectivity index (χ3n) is 4.30. The molecule has 2 aromatic carbocycles. The van der Waals surface area contributed by atoms with Gasteiger partial charge in [-0.15, -0.1) is 11.3 Å². The molecule has 2 aromatic heterocycles. The quantitative estimate of drug-likeness (QED) is 0.567. The van der Waals surface area contributed by atoms with Crippen LogP contribution in [-0.2, 0) is 13.0 Å². The summed E-state index contributed by atoms with van der Waals surface area (Å²) in [6, 6.07) is 14.2. The summed E-state index contributed by atoms with van der Waals surface area (Å²) < 4.78 is 1.10. The molecule has 0 spiro atoms. The first kappa shape index (κ1) is 16.0. The number of anilines is 1. The van der Waals surface area contributed by atoms with Gasteiger partial charge in [-0.3, -0.25) is 0 Å². The number of rotatable bonds is 4. The van der Waals surface area contributed by atoms with Crippen molar-refractivity contribution < 1.29 is 5.11 Å². The molecule has 126 valence electrons. The van der Waals surface area contributed by atoms with E-state index < -0.39 is 0 Å². The smallest absolute Gasteiger partial charge is 0.151 e. The number of pyridine rings is 1. The monoisotopic (exact) mass is 349 g/mol. The van der Waals surface area contributed by atoms with Crippen LogP contribution in [0.15, 0.2) is 42.5 Å². The van der Waals surface area contributed by atoms with E-state index >= 15 is 0 Å². The molecule has 0 aliphatic rings. The fraction of sp³-hybridized carbons (Fsp3) is 0.200. The first-order valence-electron chi connectivity index (χ1n) is 8.38. The summed E-state index contributed by atoms with van der Waals surface area (Å²) in [6.07, 6.45) is 2.02. The zero-order chi connectivity index (χ0) is 17.4. The third kappa shape index (κ3) is 2.86. The lowest BCUT2D eigenvalue weighted by Gasteiger charge is -2.07. The zero-order valence-corrected chi connectivity index (χ0v) is 14.8. The average Bonchev–Trinajstić information content (AvgIpc) is 3.07. The minimum atomic E-state index is 0.0407. The van der Waals surface area contributed by atoms with Gasteiger partial charge < -0.3 is 10.8 Å². The van der Waals surface area contributed by atoms with Gasteiger partial charge in [-0.05, 0) is 47.7 Å². The van der Waals surface area contributed by atoms with Crippen LogP contribution in [0.3, 0.4) is 0 Å². The fourth-order valence-corrected chi connectivity index (χ4v) is 4.27. The molecule has 0 aliphatic heterocycles. The second-order valence-corrected chi connectivity index (χ2v) is 7.21. The minimum absolute atomic E-state index is 0.0407. The summed E-state index contributed by atoms with van der Waals surface area (Å²) >= 11 is 1.71. The zero-order valence-electron chi connectivity index (χ0n) is 14.0. The minimum Gasteiger partial charge on any atom is -0.392 e. The molecule has 2 heterocycles. The molecule has 3 N–H and O–H groups in total. The number of thiazole rings is 1. The Morgan fingerprint density at radius 1 is 1.08 bits per heavy atom. The third-order valence-corrected chi connectivity index (χ3v) is 5.45. The van der Waals surface area contributed by atoms with Crippen molar-refractivity contribution in [3.8, 4) is 11.1 Å². The van der Waals surface area contributed by atoms with Crippen molar-refractivity contribution in [3.63, 3.8) is 0 Å². The molecular weight excluding hydrogens is 330 g/mol. The van der Waals surface area contributed by atoms with Gasteiger partial charge in [0.1, 0.15) is 5.52 Å². The van der Waals surface area contributed by atoms with Crippen molar-refractivity contribution in [3.05, 3.63) is 53.0 Å². The first-order valence-corrected chi connectivity index (χ1v) is 9.20. The largest absolute Gasteiger partial charge is 0.392 e. The molecule has 0 saturated heterocycles. The van der Waals surface area contributed by atoms with Gasteiger partial charge in [-0.2, -0.15) is 0 Å². The summed E-state index contributed by atoms with van der Waals surface area (Å²) in [5, 5.41) is 11.6. The summed E-state index contributed by atoms with van der Waals surface area (Å²) in [7, 11) is 0. The number of hydrogen-bond acceptors (Lipinski definition) is 5. The highest BCUT2D eigenvalue weighted by Crippen LogP contribution is 2.35. The van der Waals surface area contributed by atoms with Crippen LogP contribution in [0.2, 0.25) is 0 Å². The van der Waals surface area contributed by atoms with E-state index in [1.807, 2.05) is 30.3 Å². The van der Waals surface area contributed by atoms with E-state index in [-0.39, 0.29) is 6.61 Å². The van der Waals surface area contributed by atoms with Crippen LogP contribution in [0.1, 0.15) is 23.9 Å². The lowest BCUT2D eigenvalue weighted by Crippen LogP contribution is -1.93. The number of nitrogens with two attached hydrogens (primary N) is 1. The van der Waals surface area contributed by atoms with Crippen molar-refractivity contribution >= 4 is 38.3 Å². The van der Waals surface area contributed by atoms with Gasteiger partial charge in [0.15, 0.2) is 5.82 Å². The summed E-state index contributed by atoms with van der Waals surface area (Å²) in [5.41, 5.74) is 10.9. The Labute approximate surface area is 150 Å². The van der Waals surface area contributed by atoms with Gasteiger partial charge in [0.2, 0.25) is 0 Å². The van der Waals surface area contributed by atoms with Gasteiger partial charge in [-0.25, -0.2) is 9.97 Å². The molecule has 0 fully saturated rings. The lowest BCUT2D eigenvalue weighted by atomic mass is 10.0. The van der Waals surface area contributed by atoms with E-state index in [1.54, 1.807) is 11.3 Å². The van der Waals surface area contributed by atoms with Crippen molar-refractivity contribution in [2.24, 2.45) is 0 Å². The summed E-state index contributed by atoms with van der Waals surface area (Å²) in [4.78, 5) is 9.21. The second-order valence-electron chi connectivity index (χ2n) is 6.12. The van der Waals surface area contributed by atoms with Crippen LogP contribution >= 0.6 is 11.3 Å². The predicted molar refractivity (Wildman–Crippen MR) is 105 cm³/mol. The van der Waals surface area contributed by atoms with Crippen LogP contribution < -0.4 is 5.73 Å². The Bertz CT molecular complexity index is 1070. The Balaban J connectivity index is 1.94. The molecular formula is C20H19N3OS. The molecule has 0 aliphatic carbocycles. The molecule has 0 atom stereocenters. The maximum atomic E-state index is 9.38. The SMILES string of the molecule is CCCc1nc2c(N)nc3ccc(-c4cccc(CO)c4)cc3c2s1. The van der Waals surface area contributed by atoms with E-state index in [0.29, 0.717) is 5.82 Å². The summed E-state index contributed by atoms with van der Waals surface area (Å²) in [5.74, 6) is 0.496. The highest BCUT2D eigenvalue weighted by molar-refractivity contribution is 7.19. The number of nitrogen functional groups attached to an aromatic ring is 1. The first-order chi connectivity index (χ1) is 12.2. The lowest BCUT2D eigenvalue weighted by molar-refractivity contribution is 0.282. The number of aromatic nitrogens is 2. The van der Waals surface area contributed by atoms with Crippen LogP contribution in [0.4, 0.5) is 5.82 Å². The van der Waals surface area contributed by atoms with E-state index in [2.05, 4.69) is 29.0 Å². The van der Waals surface area contributed by atoms with Crippen LogP contribution in [0.5, 0.6) is 0 Å². The number of hydrogen-bond donors (Lipinski definition) is 2. The Kier molecular flexibility index (Phi) is 4.11. The van der Waals surface area contributed by atoms with Crippen molar-refractivity contribution in [2.45, 2.75) is 26.4 Å². The average molecular weight is 349 g/mol. The maximum absolute atomic E-state index is 9.38. The van der Waals surface area contributed by atoms with Gasteiger partial charge in [0.05, 0.1) is 21.8 Å². The molecule has 0 unspecified atom stereocenters. The molecule has 0 amide bonds. The van der Waals surface area contributed by atoms with Crippen molar-refractivity contribution in [2.75, 3.05) is 5.73 Å². The van der Waals surface area contributed by atoms with E-state index in [1.165, 1.54) is 0 Å². The van der Waals surface area contributed by atoms with Crippen LogP contribution in [0, 0.1) is 0 Å². The predicted octanol–water partition coefficient (Wildman–Crippen LogP) is 4.54. The summed E-state index contributed by atoms with van der Waals surface area (Å²) in [6.45, 7) is 2.19. The topological polar surface area (TPSA) is 72.0 Å². The molecule has 25 heavy (non-hydrogen) atoms. The highest BCUT2D eigenvalue weighted by atomic mass is 32.1. The van der Waals surface area contributed by atoms with E-state index in [4.69, 9.17) is 5.73 Å². The number of nitrogens with zero attached hydrogens (tertiary/aromatic N) is 2. The fourth-order valence-electron chi connectivity index (χ4n) is 3.07. The molecule has 5 heteroatoms. The van der Waals surface area contributed by atoms with Gasteiger partial charge in [-0.1, -0.05) is 31.2 Å². The van der Waals surface area contributed by atoms with Gasteiger partial charge in [0.25, 0.3) is 0 Å². The Morgan fingerprint density at radius 2 is 1.92 bits per heavy atom. The molecule has 4 nitrogen and oxygen atoms in total. The van der Waals surface area contributed by atoms with Gasteiger partial charge in [0, 0.05) is 5.39 Å². The van der Waals surface area contributed by atoms with Gasteiger partial charge >= 0.3 is 0 Å². The molecule has 4 rings (SSSR count). The number of aliphatic hydroxyl groups is 1. The Hall–Kier alpha value is -2.50. The second kappa shape index (κ2) is 6.43. The number of benzene rings is 2. The molecule has 0 radical (unpaired) electrons. The van der Waals surface area contributed by atoms with E-state index in [9.17, 15) is 5.11 Å². The number of aliphatic hydroxyl groups excluding tert-OH is 1. The molecule has 0 bridgehead atoms. The van der Waals surface area contributed by atoms with Crippen LogP contribution in [-0.4, -0.2) is 15.1 Å². The van der Waals surface area contributed by atoms with Crippen molar-refractivity contribution in [1.29, 1.82) is 0 Å². The van der Waals surface area contributed by atoms with E-state index in [0.717, 1.165) is 55.7 Å². The molecule has 4 aromatic rings. The van der Waals surface area contributed by atoms with Crippen LogP contribution in [0.25, 0.3) is 32.2 Å². The normalized spacial score (nSPS) is 11.4. The van der Waals surface area contributed by atoms with Crippen molar-refractivity contribution in [1.82, 2.24) is 9.97 Å². The maximum Gasteiger partial charge on any atom is 0.151 e.